The SMILES string of the molecule is c1ccc2c(c1)sc1cccc(-c3c4ccccc4c(-c4cccc5c4oc4c6ccoc6ccc54)c4ccccc34)c12. The quantitative estimate of drug-likeness (QED) is 0.195. The second-order valence-electron chi connectivity index (χ2n) is 11.2. The molecule has 0 radical (unpaired) electrons. The third kappa shape index (κ3) is 3.12. The summed E-state index contributed by atoms with van der Waals surface area (Å²) in [5, 5.41) is 10.8. The lowest BCUT2D eigenvalue weighted by molar-refractivity contribution is 0.615. The zero-order valence-electron chi connectivity index (χ0n) is 22.9. The Bertz CT molecular complexity index is 2680. The molecule has 7 aromatic carbocycles. The first-order chi connectivity index (χ1) is 21.3. The monoisotopic (exact) mass is 566 g/mol. The molecular weight excluding hydrogens is 545 g/mol. The maximum Gasteiger partial charge on any atom is 0.146 e. The number of benzene rings is 7. The molecule has 0 aliphatic carbocycles. The maximum absolute atomic E-state index is 6.76. The molecule has 0 bridgehead atoms. The van der Waals surface area contributed by atoms with Gasteiger partial charge in [-0.05, 0) is 63.0 Å². The summed E-state index contributed by atoms with van der Waals surface area (Å²) < 4.78 is 15.1. The summed E-state index contributed by atoms with van der Waals surface area (Å²) in [5.74, 6) is 0. The number of hydrogen-bond donors (Lipinski definition) is 0. The number of thiophene rings is 1. The van der Waals surface area contributed by atoms with Crippen molar-refractivity contribution in [2.45, 2.75) is 0 Å². The summed E-state index contributed by atoms with van der Waals surface area (Å²) in [6.45, 7) is 0. The Morgan fingerprint density at radius 2 is 0.977 bits per heavy atom. The molecule has 43 heavy (non-hydrogen) atoms. The van der Waals surface area contributed by atoms with E-state index in [4.69, 9.17) is 8.83 Å². The highest BCUT2D eigenvalue weighted by Gasteiger charge is 2.22. The largest absolute Gasteiger partial charge is 0.464 e. The number of hydrogen-bond acceptors (Lipinski definition) is 3. The topological polar surface area (TPSA) is 26.3 Å². The second kappa shape index (κ2) is 8.57. The van der Waals surface area contributed by atoms with Crippen molar-refractivity contribution in [3.05, 3.63) is 134 Å². The molecule has 0 aliphatic rings. The van der Waals surface area contributed by atoms with Crippen LogP contribution in [-0.2, 0) is 0 Å². The van der Waals surface area contributed by atoms with Crippen LogP contribution < -0.4 is 0 Å². The molecular formula is C40H22O2S. The average Bonchev–Trinajstić information content (AvgIpc) is 3.78. The van der Waals surface area contributed by atoms with Crippen molar-refractivity contribution in [2.24, 2.45) is 0 Å². The van der Waals surface area contributed by atoms with Crippen LogP contribution in [0.25, 0.3) is 96.9 Å². The lowest BCUT2D eigenvalue weighted by Gasteiger charge is -2.18. The first-order valence-corrected chi connectivity index (χ1v) is 15.3. The highest BCUT2D eigenvalue weighted by molar-refractivity contribution is 7.25. The van der Waals surface area contributed by atoms with E-state index in [1.807, 2.05) is 23.5 Å². The molecule has 3 heteroatoms. The van der Waals surface area contributed by atoms with Gasteiger partial charge in [-0.25, -0.2) is 0 Å². The van der Waals surface area contributed by atoms with E-state index in [0.29, 0.717) is 0 Å². The normalized spacial score (nSPS) is 12.2. The van der Waals surface area contributed by atoms with Gasteiger partial charge in [0.05, 0.1) is 11.6 Å². The standard InChI is InChI=1S/C40H22O2S/c1-3-11-25-23(9-1)36(31-15-8-18-35-38(31)30-13-5-6-17-34(30)43-35)24-10-2-4-12-26(24)37(25)32-16-7-14-27-28-19-20-33-29(21-22-41-33)39(28)42-40(27)32/h1-22H. The summed E-state index contributed by atoms with van der Waals surface area (Å²) in [4.78, 5) is 0. The van der Waals surface area contributed by atoms with E-state index in [1.54, 1.807) is 6.26 Å². The fourth-order valence-electron chi connectivity index (χ4n) is 7.19. The van der Waals surface area contributed by atoms with Gasteiger partial charge in [0.1, 0.15) is 16.7 Å². The molecule has 3 aromatic heterocycles. The molecule has 0 amide bonds. The fraction of sp³-hybridized carbons (Fsp3) is 0. The first kappa shape index (κ1) is 23.2. The molecule has 0 saturated carbocycles. The molecule has 10 rings (SSSR count). The Kier molecular flexibility index (Phi) is 4.63. The van der Waals surface area contributed by atoms with E-state index in [2.05, 4.69) is 115 Å². The number of furan rings is 2. The fourth-order valence-corrected chi connectivity index (χ4v) is 8.32. The zero-order valence-corrected chi connectivity index (χ0v) is 23.7. The predicted molar refractivity (Wildman–Crippen MR) is 182 cm³/mol. The van der Waals surface area contributed by atoms with Crippen LogP contribution in [0, 0.1) is 0 Å². The van der Waals surface area contributed by atoms with Crippen molar-refractivity contribution >= 4 is 86.0 Å². The minimum Gasteiger partial charge on any atom is -0.464 e. The highest BCUT2D eigenvalue weighted by atomic mass is 32.1. The van der Waals surface area contributed by atoms with Crippen LogP contribution >= 0.6 is 11.3 Å². The van der Waals surface area contributed by atoms with Gasteiger partial charge in [-0.1, -0.05) is 97.1 Å². The number of fused-ring (bicyclic) bond motifs is 10. The Labute approximate surface area is 250 Å². The molecule has 200 valence electrons. The van der Waals surface area contributed by atoms with Crippen LogP contribution in [0.1, 0.15) is 0 Å². The van der Waals surface area contributed by atoms with Gasteiger partial charge in [-0.15, -0.1) is 11.3 Å². The van der Waals surface area contributed by atoms with E-state index in [1.165, 1.54) is 58.4 Å². The van der Waals surface area contributed by atoms with Crippen LogP contribution in [0.2, 0.25) is 0 Å². The zero-order chi connectivity index (χ0) is 28.1. The maximum atomic E-state index is 6.76. The first-order valence-electron chi connectivity index (χ1n) is 14.5. The van der Waals surface area contributed by atoms with Crippen molar-refractivity contribution in [1.82, 2.24) is 0 Å². The molecule has 0 N–H and O–H groups in total. The van der Waals surface area contributed by atoms with Gasteiger partial charge in [0.25, 0.3) is 0 Å². The summed E-state index contributed by atoms with van der Waals surface area (Å²) in [6.07, 6.45) is 1.73. The molecule has 0 aliphatic heterocycles. The third-order valence-electron chi connectivity index (χ3n) is 8.97. The molecule has 0 fully saturated rings. The van der Waals surface area contributed by atoms with E-state index in [9.17, 15) is 0 Å². The van der Waals surface area contributed by atoms with Crippen molar-refractivity contribution < 1.29 is 8.83 Å². The van der Waals surface area contributed by atoms with E-state index in [-0.39, 0.29) is 0 Å². The van der Waals surface area contributed by atoms with E-state index in [0.717, 1.165) is 38.5 Å². The summed E-state index contributed by atoms with van der Waals surface area (Å²) in [5.41, 5.74) is 7.46. The van der Waals surface area contributed by atoms with Gasteiger partial charge in [0, 0.05) is 42.1 Å². The minimum absolute atomic E-state index is 0.837. The van der Waals surface area contributed by atoms with Crippen LogP contribution in [0.5, 0.6) is 0 Å². The van der Waals surface area contributed by atoms with Gasteiger partial charge < -0.3 is 8.83 Å². The van der Waals surface area contributed by atoms with Gasteiger partial charge >= 0.3 is 0 Å². The third-order valence-corrected chi connectivity index (χ3v) is 10.1. The van der Waals surface area contributed by atoms with Crippen molar-refractivity contribution in [3.8, 4) is 22.3 Å². The Morgan fingerprint density at radius 3 is 1.74 bits per heavy atom. The molecule has 0 spiro atoms. The predicted octanol–water partition coefficient (Wildman–Crippen LogP) is 12.3. The minimum atomic E-state index is 0.837. The molecule has 2 nitrogen and oxygen atoms in total. The Balaban J connectivity index is 1.37. The van der Waals surface area contributed by atoms with Crippen molar-refractivity contribution in [1.29, 1.82) is 0 Å². The highest BCUT2D eigenvalue weighted by Crippen LogP contribution is 2.49. The van der Waals surface area contributed by atoms with Crippen LogP contribution in [0.3, 0.4) is 0 Å². The van der Waals surface area contributed by atoms with Crippen LogP contribution in [-0.4, -0.2) is 0 Å². The Hall–Kier alpha value is -5.38. The molecule has 0 saturated heterocycles. The average molecular weight is 567 g/mol. The lowest BCUT2D eigenvalue weighted by Crippen LogP contribution is -1.91. The van der Waals surface area contributed by atoms with E-state index < -0.39 is 0 Å². The van der Waals surface area contributed by atoms with Gasteiger partial charge in [-0.3, -0.25) is 0 Å². The molecule has 0 unspecified atom stereocenters. The molecule has 0 atom stereocenters. The van der Waals surface area contributed by atoms with E-state index >= 15 is 0 Å². The summed E-state index contributed by atoms with van der Waals surface area (Å²) >= 11 is 1.87. The number of rotatable bonds is 2. The van der Waals surface area contributed by atoms with Gasteiger partial charge in [0.15, 0.2) is 0 Å². The second-order valence-corrected chi connectivity index (χ2v) is 12.3. The van der Waals surface area contributed by atoms with Crippen LogP contribution in [0.15, 0.2) is 142 Å². The molecule has 10 aromatic rings. The summed E-state index contributed by atoms with van der Waals surface area (Å²) in [7, 11) is 0. The smallest absolute Gasteiger partial charge is 0.146 e. The van der Waals surface area contributed by atoms with Gasteiger partial charge in [-0.2, -0.15) is 0 Å². The van der Waals surface area contributed by atoms with Crippen molar-refractivity contribution in [3.63, 3.8) is 0 Å². The van der Waals surface area contributed by atoms with Gasteiger partial charge in [0.2, 0.25) is 0 Å². The summed E-state index contributed by atoms with van der Waals surface area (Å²) in [6, 6.07) is 45.9. The lowest BCUT2D eigenvalue weighted by atomic mass is 9.84. The van der Waals surface area contributed by atoms with Crippen LogP contribution in [0.4, 0.5) is 0 Å². The Morgan fingerprint density at radius 1 is 0.395 bits per heavy atom. The van der Waals surface area contributed by atoms with Crippen molar-refractivity contribution in [2.75, 3.05) is 0 Å². The number of para-hydroxylation sites is 1. The molecule has 3 heterocycles.